The van der Waals surface area contributed by atoms with Crippen molar-refractivity contribution in [2.45, 2.75) is 32.9 Å². The molecule has 0 spiro atoms. The molecule has 1 unspecified atom stereocenters. The highest BCUT2D eigenvalue weighted by atomic mass is 16.5. The summed E-state index contributed by atoms with van der Waals surface area (Å²) in [4.78, 5) is 13.9. The minimum absolute atomic E-state index is 0.104. The second-order valence-electron chi connectivity index (χ2n) is 4.23. The van der Waals surface area contributed by atoms with Gasteiger partial charge >= 0.3 is 5.97 Å². The number of terminal acetylenes is 1. The first-order valence-electron chi connectivity index (χ1n) is 6.45. The Kier molecular flexibility index (Phi) is 6.17. The predicted octanol–water partition coefficient (Wildman–Crippen LogP) is 2.08. The van der Waals surface area contributed by atoms with Crippen LogP contribution in [0.3, 0.4) is 0 Å². The molecule has 1 aliphatic rings. The van der Waals surface area contributed by atoms with Gasteiger partial charge in [-0.3, -0.25) is 0 Å². The van der Waals surface area contributed by atoms with Crippen LogP contribution in [-0.4, -0.2) is 36.9 Å². The van der Waals surface area contributed by atoms with Gasteiger partial charge in [0, 0.05) is 12.2 Å². The van der Waals surface area contributed by atoms with E-state index in [0.717, 1.165) is 12.1 Å². The molecular formula is C15H21NO3. The zero-order chi connectivity index (χ0) is 14.3. The van der Waals surface area contributed by atoms with E-state index in [1.54, 1.807) is 13.0 Å². The Hall–Kier alpha value is -1.73. The van der Waals surface area contributed by atoms with Crippen molar-refractivity contribution < 1.29 is 14.3 Å². The minimum atomic E-state index is -0.246. The number of ether oxygens (including phenoxy) is 2. The summed E-state index contributed by atoms with van der Waals surface area (Å²) in [6, 6.07) is 0. The molecule has 0 aliphatic carbocycles. The van der Waals surface area contributed by atoms with Gasteiger partial charge in [-0.1, -0.05) is 12.0 Å². The summed E-state index contributed by atoms with van der Waals surface area (Å²) in [5.74, 6) is 2.22. The molecule has 104 valence electrons. The van der Waals surface area contributed by atoms with Crippen molar-refractivity contribution in [1.82, 2.24) is 4.90 Å². The van der Waals surface area contributed by atoms with E-state index < -0.39 is 0 Å². The second-order valence-corrected chi connectivity index (χ2v) is 4.23. The molecule has 0 radical (unpaired) electrons. The van der Waals surface area contributed by atoms with Crippen LogP contribution in [0.5, 0.6) is 0 Å². The molecule has 4 heteroatoms. The van der Waals surface area contributed by atoms with Gasteiger partial charge in [-0.15, -0.1) is 13.0 Å². The van der Waals surface area contributed by atoms with Crippen molar-refractivity contribution >= 4 is 5.97 Å². The highest BCUT2D eigenvalue weighted by Crippen LogP contribution is 2.28. The quantitative estimate of drug-likeness (QED) is 0.418. The summed E-state index contributed by atoms with van der Waals surface area (Å²) >= 11 is 0. The van der Waals surface area contributed by atoms with Gasteiger partial charge in [0.15, 0.2) is 0 Å². The monoisotopic (exact) mass is 263 g/mol. The molecule has 0 saturated heterocycles. The first-order valence-corrected chi connectivity index (χ1v) is 6.45. The smallest absolute Gasteiger partial charge is 0.335 e. The van der Waals surface area contributed by atoms with E-state index in [0.29, 0.717) is 25.1 Å². The molecule has 0 bridgehead atoms. The van der Waals surface area contributed by atoms with Gasteiger partial charge in [0.05, 0.1) is 12.2 Å². The van der Waals surface area contributed by atoms with E-state index >= 15 is 0 Å². The van der Waals surface area contributed by atoms with E-state index in [9.17, 15) is 4.79 Å². The Morgan fingerprint density at radius 2 is 2.42 bits per heavy atom. The maximum absolute atomic E-state index is 11.9. The van der Waals surface area contributed by atoms with Crippen molar-refractivity contribution in [3.63, 3.8) is 0 Å². The molecule has 0 aromatic rings. The molecule has 0 aromatic carbocycles. The predicted molar refractivity (Wildman–Crippen MR) is 74.0 cm³/mol. The third-order valence-electron chi connectivity index (χ3n) is 3.06. The Labute approximate surface area is 115 Å². The van der Waals surface area contributed by atoms with E-state index in [1.807, 2.05) is 11.8 Å². The van der Waals surface area contributed by atoms with Crippen molar-refractivity contribution in [2.24, 2.45) is 0 Å². The number of hydrogen-bond acceptors (Lipinski definition) is 4. The Morgan fingerprint density at radius 3 is 3.00 bits per heavy atom. The van der Waals surface area contributed by atoms with Gasteiger partial charge in [-0.05, 0) is 26.7 Å². The van der Waals surface area contributed by atoms with Crippen molar-refractivity contribution in [3.05, 3.63) is 23.9 Å². The van der Waals surface area contributed by atoms with Gasteiger partial charge in [-0.2, -0.15) is 0 Å². The number of nitrogens with zero attached hydrogens (tertiary/aromatic N) is 1. The molecule has 0 aromatic heterocycles. The van der Waals surface area contributed by atoms with Crippen LogP contribution < -0.4 is 0 Å². The number of carbonyl (C=O) groups is 1. The van der Waals surface area contributed by atoms with E-state index in [-0.39, 0.29) is 18.8 Å². The van der Waals surface area contributed by atoms with E-state index in [1.165, 1.54) is 0 Å². The third kappa shape index (κ3) is 3.87. The molecule has 0 amide bonds. The zero-order valence-electron chi connectivity index (χ0n) is 11.6. The summed E-state index contributed by atoms with van der Waals surface area (Å²) < 4.78 is 10.7. The van der Waals surface area contributed by atoms with E-state index in [2.05, 4.69) is 12.5 Å². The number of carbonyl (C=O) groups excluding carboxylic acids is 1. The number of hydrogen-bond donors (Lipinski definition) is 0. The van der Waals surface area contributed by atoms with Crippen LogP contribution in [-0.2, 0) is 14.3 Å². The summed E-state index contributed by atoms with van der Waals surface area (Å²) in [7, 11) is 0. The number of rotatable bonds is 6. The van der Waals surface area contributed by atoms with Crippen LogP contribution in [0.2, 0.25) is 0 Å². The second kappa shape index (κ2) is 7.65. The first kappa shape index (κ1) is 15.3. The fraction of sp³-hybridized carbons (Fsp3) is 0.533. The Balaban J connectivity index is 2.90. The SMILES string of the molecule is C#CCOC1CCC(C(=O)OCC)=C(C)N1CC=C. The lowest BCUT2D eigenvalue weighted by molar-refractivity contribution is -0.139. The maximum atomic E-state index is 11.9. The Morgan fingerprint density at radius 1 is 1.68 bits per heavy atom. The van der Waals surface area contributed by atoms with Crippen LogP contribution in [0.15, 0.2) is 23.9 Å². The molecule has 1 atom stereocenters. The normalized spacial score (nSPS) is 19.0. The number of allylic oxidation sites excluding steroid dienone is 1. The third-order valence-corrected chi connectivity index (χ3v) is 3.06. The standard InChI is InChI=1S/C15H21NO3/c1-5-10-16-12(4)13(15(17)18-7-3)8-9-14(16)19-11-6-2/h2,5,14H,1,7-11H2,3-4H3. The molecule has 0 N–H and O–H groups in total. The first-order chi connectivity index (χ1) is 9.15. The summed E-state index contributed by atoms with van der Waals surface area (Å²) in [6.45, 7) is 8.70. The van der Waals surface area contributed by atoms with Gasteiger partial charge in [-0.25, -0.2) is 4.79 Å². The lowest BCUT2D eigenvalue weighted by Gasteiger charge is -2.37. The molecule has 1 rings (SSSR count). The summed E-state index contributed by atoms with van der Waals surface area (Å²) in [6.07, 6.45) is 8.26. The lowest BCUT2D eigenvalue weighted by atomic mass is 10.0. The van der Waals surface area contributed by atoms with Crippen LogP contribution in [0.25, 0.3) is 0 Å². The maximum Gasteiger partial charge on any atom is 0.335 e. The van der Waals surface area contributed by atoms with E-state index in [4.69, 9.17) is 15.9 Å². The minimum Gasteiger partial charge on any atom is -0.463 e. The van der Waals surface area contributed by atoms with Crippen LogP contribution in [0, 0.1) is 12.3 Å². The highest BCUT2D eigenvalue weighted by molar-refractivity contribution is 5.89. The van der Waals surface area contributed by atoms with Crippen molar-refractivity contribution in [2.75, 3.05) is 19.8 Å². The van der Waals surface area contributed by atoms with Gasteiger partial charge in [0.2, 0.25) is 0 Å². The van der Waals surface area contributed by atoms with Crippen LogP contribution in [0.4, 0.5) is 0 Å². The topological polar surface area (TPSA) is 38.8 Å². The van der Waals surface area contributed by atoms with Crippen LogP contribution >= 0.6 is 0 Å². The van der Waals surface area contributed by atoms with Gasteiger partial charge in [0.25, 0.3) is 0 Å². The average molecular weight is 263 g/mol. The summed E-state index contributed by atoms with van der Waals surface area (Å²) in [5, 5.41) is 0. The largest absolute Gasteiger partial charge is 0.463 e. The van der Waals surface area contributed by atoms with Gasteiger partial charge in [0.1, 0.15) is 12.8 Å². The van der Waals surface area contributed by atoms with Crippen molar-refractivity contribution in [1.29, 1.82) is 0 Å². The van der Waals surface area contributed by atoms with Crippen molar-refractivity contribution in [3.8, 4) is 12.3 Å². The summed E-state index contributed by atoms with van der Waals surface area (Å²) in [5.41, 5.74) is 1.59. The molecule has 0 fully saturated rings. The Bertz CT molecular complexity index is 406. The highest BCUT2D eigenvalue weighted by Gasteiger charge is 2.29. The molecule has 4 nitrogen and oxygen atoms in total. The lowest BCUT2D eigenvalue weighted by Crippen LogP contribution is -2.40. The van der Waals surface area contributed by atoms with Gasteiger partial charge < -0.3 is 14.4 Å². The molecular weight excluding hydrogens is 242 g/mol. The fourth-order valence-corrected chi connectivity index (χ4v) is 2.17. The molecule has 1 aliphatic heterocycles. The zero-order valence-corrected chi connectivity index (χ0v) is 11.6. The van der Waals surface area contributed by atoms with Crippen LogP contribution in [0.1, 0.15) is 26.7 Å². The molecule has 0 saturated carbocycles. The number of esters is 1. The molecule has 1 heterocycles. The molecule has 19 heavy (non-hydrogen) atoms. The fourth-order valence-electron chi connectivity index (χ4n) is 2.17. The average Bonchev–Trinajstić information content (AvgIpc) is 2.39.